The number of nitrogens with one attached hydrogen (secondary N) is 1. The van der Waals surface area contributed by atoms with Gasteiger partial charge in [-0.15, -0.1) is 0 Å². The number of halogens is 1. The van der Waals surface area contributed by atoms with Gasteiger partial charge < -0.3 is 10.1 Å². The summed E-state index contributed by atoms with van der Waals surface area (Å²) in [6.07, 6.45) is 2.37. The lowest BCUT2D eigenvalue weighted by atomic mass is 9.61. The lowest BCUT2D eigenvalue weighted by molar-refractivity contribution is -0.109. The Morgan fingerprint density at radius 3 is 2.83 bits per heavy atom. The van der Waals surface area contributed by atoms with E-state index in [4.69, 9.17) is 4.74 Å². The van der Waals surface area contributed by atoms with Gasteiger partial charge in [0.1, 0.15) is 5.82 Å². The van der Waals surface area contributed by atoms with Crippen molar-refractivity contribution in [2.24, 2.45) is 5.41 Å². The molecule has 1 aromatic carbocycles. The van der Waals surface area contributed by atoms with Crippen molar-refractivity contribution in [3.8, 4) is 0 Å². The molecule has 100 valence electrons. The van der Waals surface area contributed by atoms with Gasteiger partial charge in [0, 0.05) is 23.8 Å². The molecule has 2 nitrogen and oxygen atoms in total. The van der Waals surface area contributed by atoms with Gasteiger partial charge in [0.15, 0.2) is 0 Å². The van der Waals surface area contributed by atoms with Gasteiger partial charge in [-0.2, -0.15) is 0 Å². The number of ether oxygens (including phenoxy) is 1. The molecule has 1 N–H and O–H groups in total. The monoisotopic (exact) mass is 251 g/mol. The molecular formula is C15H22FNO. The Hall–Kier alpha value is -1.09. The average molecular weight is 251 g/mol. The minimum absolute atomic E-state index is 0.141. The van der Waals surface area contributed by atoms with Crippen molar-refractivity contribution in [1.82, 2.24) is 0 Å². The number of benzene rings is 1. The summed E-state index contributed by atoms with van der Waals surface area (Å²) in [5.74, 6) is -0.195. The van der Waals surface area contributed by atoms with Crippen LogP contribution in [0.15, 0.2) is 24.3 Å². The number of hydrogen-bond donors (Lipinski definition) is 1. The summed E-state index contributed by atoms with van der Waals surface area (Å²) in [7, 11) is 0. The molecule has 0 bridgehead atoms. The molecule has 0 aliphatic heterocycles. The maximum atomic E-state index is 13.1. The van der Waals surface area contributed by atoms with Crippen LogP contribution in [0.1, 0.15) is 33.6 Å². The van der Waals surface area contributed by atoms with E-state index in [1.807, 2.05) is 13.0 Å². The number of hydrogen-bond acceptors (Lipinski definition) is 2. The van der Waals surface area contributed by atoms with E-state index in [0.717, 1.165) is 25.1 Å². The topological polar surface area (TPSA) is 21.3 Å². The van der Waals surface area contributed by atoms with Crippen LogP contribution in [0.3, 0.4) is 0 Å². The van der Waals surface area contributed by atoms with E-state index in [-0.39, 0.29) is 11.2 Å². The standard InChI is InChI=1S/C15H22FNO/c1-4-15(3)13(10-14(15)18-5-2)17-12-8-6-7-11(16)9-12/h6-9,13-14,17H,4-5,10H2,1-3H3. The molecule has 3 heteroatoms. The zero-order valence-corrected chi connectivity index (χ0v) is 11.4. The summed E-state index contributed by atoms with van der Waals surface area (Å²) in [6, 6.07) is 7.02. The smallest absolute Gasteiger partial charge is 0.125 e. The molecule has 0 amide bonds. The van der Waals surface area contributed by atoms with E-state index in [1.165, 1.54) is 6.07 Å². The number of rotatable bonds is 5. The Labute approximate surface area is 109 Å². The Bertz CT molecular complexity index is 409. The average Bonchev–Trinajstić information content (AvgIpc) is 2.36. The highest BCUT2D eigenvalue weighted by Crippen LogP contribution is 2.47. The summed E-state index contributed by atoms with van der Waals surface area (Å²) in [5, 5.41) is 3.43. The Kier molecular flexibility index (Phi) is 3.91. The molecule has 0 spiro atoms. The van der Waals surface area contributed by atoms with Gasteiger partial charge in [-0.1, -0.05) is 19.9 Å². The van der Waals surface area contributed by atoms with Gasteiger partial charge in [-0.25, -0.2) is 4.39 Å². The first-order valence-electron chi connectivity index (χ1n) is 6.74. The highest BCUT2D eigenvalue weighted by molar-refractivity contribution is 5.45. The van der Waals surface area contributed by atoms with Gasteiger partial charge in [0.05, 0.1) is 6.10 Å². The fourth-order valence-corrected chi connectivity index (χ4v) is 2.75. The summed E-state index contributed by atoms with van der Waals surface area (Å²) < 4.78 is 18.9. The predicted molar refractivity (Wildman–Crippen MR) is 72.2 cm³/mol. The van der Waals surface area contributed by atoms with E-state index in [0.29, 0.717) is 12.1 Å². The molecule has 0 radical (unpaired) electrons. The molecule has 1 aliphatic rings. The van der Waals surface area contributed by atoms with Gasteiger partial charge in [-0.3, -0.25) is 0 Å². The maximum Gasteiger partial charge on any atom is 0.125 e. The second-order valence-corrected chi connectivity index (χ2v) is 5.25. The van der Waals surface area contributed by atoms with Crippen LogP contribution in [0, 0.1) is 11.2 Å². The van der Waals surface area contributed by atoms with Gasteiger partial charge in [0.25, 0.3) is 0 Å². The van der Waals surface area contributed by atoms with Gasteiger partial charge in [-0.05, 0) is 38.0 Å². The molecule has 1 saturated carbocycles. The van der Waals surface area contributed by atoms with Crippen LogP contribution in [-0.2, 0) is 4.74 Å². The number of anilines is 1. The minimum atomic E-state index is -0.195. The fraction of sp³-hybridized carbons (Fsp3) is 0.600. The largest absolute Gasteiger partial charge is 0.381 e. The molecular weight excluding hydrogens is 229 g/mol. The molecule has 0 saturated heterocycles. The van der Waals surface area contributed by atoms with Crippen LogP contribution in [0.2, 0.25) is 0 Å². The molecule has 1 aromatic rings. The van der Waals surface area contributed by atoms with E-state index in [2.05, 4.69) is 19.2 Å². The van der Waals surface area contributed by atoms with Crippen LogP contribution in [0.5, 0.6) is 0 Å². The van der Waals surface area contributed by atoms with E-state index >= 15 is 0 Å². The third kappa shape index (κ3) is 2.37. The lowest BCUT2D eigenvalue weighted by Crippen LogP contribution is -2.59. The van der Waals surface area contributed by atoms with E-state index < -0.39 is 0 Å². The normalized spacial score (nSPS) is 30.9. The second-order valence-electron chi connectivity index (χ2n) is 5.25. The Morgan fingerprint density at radius 2 is 2.22 bits per heavy atom. The van der Waals surface area contributed by atoms with Crippen molar-refractivity contribution in [1.29, 1.82) is 0 Å². The molecule has 3 atom stereocenters. The van der Waals surface area contributed by atoms with Crippen molar-refractivity contribution in [3.63, 3.8) is 0 Å². The first kappa shape index (κ1) is 13.3. The second kappa shape index (κ2) is 5.27. The van der Waals surface area contributed by atoms with Gasteiger partial charge >= 0.3 is 0 Å². The SMILES string of the molecule is CCOC1CC(Nc2cccc(F)c2)C1(C)CC. The van der Waals surface area contributed by atoms with E-state index in [1.54, 1.807) is 12.1 Å². The highest BCUT2D eigenvalue weighted by Gasteiger charge is 2.51. The molecule has 1 fully saturated rings. The fourth-order valence-electron chi connectivity index (χ4n) is 2.75. The molecule has 0 heterocycles. The molecule has 18 heavy (non-hydrogen) atoms. The van der Waals surface area contributed by atoms with Crippen LogP contribution in [0.4, 0.5) is 10.1 Å². The lowest BCUT2D eigenvalue weighted by Gasteiger charge is -2.53. The molecule has 2 rings (SSSR count). The Balaban J connectivity index is 2.03. The zero-order valence-electron chi connectivity index (χ0n) is 11.4. The van der Waals surface area contributed by atoms with Crippen molar-refractivity contribution >= 4 is 5.69 Å². The third-order valence-corrected chi connectivity index (χ3v) is 4.28. The van der Waals surface area contributed by atoms with Crippen molar-refractivity contribution in [3.05, 3.63) is 30.1 Å². The van der Waals surface area contributed by atoms with Crippen LogP contribution < -0.4 is 5.32 Å². The predicted octanol–water partition coefficient (Wildman–Crippen LogP) is 3.83. The van der Waals surface area contributed by atoms with Crippen molar-refractivity contribution < 1.29 is 9.13 Å². The van der Waals surface area contributed by atoms with Crippen molar-refractivity contribution in [2.45, 2.75) is 45.8 Å². The summed E-state index contributed by atoms with van der Waals surface area (Å²) in [5.41, 5.74) is 0.997. The van der Waals surface area contributed by atoms with Crippen molar-refractivity contribution in [2.75, 3.05) is 11.9 Å². The maximum absolute atomic E-state index is 13.1. The molecule has 0 aromatic heterocycles. The van der Waals surface area contributed by atoms with Crippen LogP contribution in [-0.4, -0.2) is 18.8 Å². The molecule has 3 unspecified atom stereocenters. The first-order valence-corrected chi connectivity index (χ1v) is 6.74. The third-order valence-electron chi connectivity index (χ3n) is 4.28. The first-order chi connectivity index (χ1) is 8.60. The Morgan fingerprint density at radius 1 is 1.44 bits per heavy atom. The van der Waals surface area contributed by atoms with Crippen LogP contribution in [0.25, 0.3) is 0 Å². The summed E-state index contributed by atoms with van der Waals surface area (Å²) >= 11 is 0. The summed E-state index contributed by atoms with van der Waals surface area (Å²) in [4.78, 5) is 0. The minimum Gasteiger partial charge on any atom is -0.381 e. The highest BCUT2D eigenvalue weighted by atomic mass is 19.1. The van der Waals surface area contributed by atoms with Crippen LogP contribution >= 0.6 is 0 Å². The van der Waals surface area contributed by atoms with Gasteiger partial charge in [0.2, 0.25) is 0 Å². The zero-order chi connectivity index (χ0) is 13.2. The summed E-state index contributed by atoms with van der Waals surface area (Å²) in [6.45, 7) is 7.22. The molecule has 1 aliphatic carbocycles. The quantitative estimate of drug-likeness (QED) is 0.858. The van der Waals surface area contributed by atoms with E-state index in [9.17, 15) is 4.39 Å².